The summed E-state index contributed by atoms with van der Waals surface area (Å²) in [4.78, 5) is 2.43. The molecular weight excluding hydrogens is 832 g/mol. The van der Waals surface area contributed by atoms with Gasteiger partial charge in [-0.05, 0) is 145 Å². The summed E-state index contributed by atoms with van der Waals surface area (Å²) < 4.78 is 2.48. The molecular formula is C64H65ClN2. The fraction of sp³-hybridized carbons (Fsp3) is 0.250. The summed E-state index contributed by atoms with van der Waals surface area (Å²) >= 11 is 6.89. The van der Waals surface area contributed by atoms with Crippen LogP contribution in [-0.4, -0.2) is 4.57 Å². The van der Waals surface area contributed by atoms with Gasteiger partial charge in [0.2, 0.25) is 0 Å². The number of benzene rings is 8. The van der Waals surface area contributed by atoms with Crippen LogP contribution >= 0.6 is 11.6 Å². The molecule has 0 aliphatic heterocycles. The molecule has 0 N–H and O–H groups in total. The number of fused-ring (bicyclic) bond motifs is 3. The van der Waals surface area contributed by atoms with Gasteiger partial charge in [0.15, 0.2) is 0 Å². The Kier molecular flexibility index (Phi) is 11.7. The molecule has 1 heterocycles. The molecule has 338 valence electrons. The molecule has 0 amide bonds. The molecule has 0 spiro atoms. The van der Waals surface area contributed by atoms with Crippen LogP contribution in [0.3, 0.4) is 0 Å². The zero-order chi connectivity index (χ0) is 47.6. The summed E-state index contributed by atoms with van der Waals surface area (Å²) in [6, 6.07) is 65.3. The number of halogens is 1. The van der Waals surface area contributed by atoms with Gasteiger partial charge in [-0.3, -0.25) is 0 Å². The van der Waals surface area contributed by atoms with Gasteiger partial charge in [0.05, 0.1) is 16.7 Å². The molecule has 0 fully saturated rings. The number of rotatable bonds is 7. The maximum absolute atomic E-state index is 6.89. The molecule has 1 aromatic heterocycles. The minimum Gasteiger partial charge on any atom is -0.309 e. The fourth-order valence-electron chi connectivity index (χ4n) is 9.40. The van der Waals surface area contributed by atoms with Gasteiger partial charge in [-0.15, -0.1) is 0 Å². The van der Waals surface area contributed by atoms with Gasteiger partial charge in [-0.1, -0.05) is 192 Å². The Morgan fingerprint density at radius 3 is 1.51 bits per heavy atom. The van der Waals surface area contributed by atoms with Gasteiger partial charge in [0.25, 0.3) is 0 Å². The predicted octanol–water partition coefficient (Wildman–Crippen LogP) is 19.1. The zero-order valence-electron chi connectivity index (χ0n) is 41.5. The normalized spacial score (nSPS) is 12.6. The van der Waals surface area contributed by atoms with Gasteiger partial charge >= 0.3 is 0 Å². The van der Waals surface area contributed by atoms with E-state index >= 15 is 0 Å². The number of anilines is 3. The SMILES string of the molecule is CC(C)(C)c1cccc(N(c2cccc(Cl)c2)c2c(-c3ccccc3)cc(C(C)(C)C)cc2-c2cccc(-c3ccc4c(c3)c3ccccc3n4-c3cc(C(C)(C)C)cc(C(C)(C)C)c3)c2)c1. The lowest BCUT2D eigenvalue weighted by molar-refractivity contribution is 0.568. The van der Waals surface area contributed by atoms with Crippen molar-refractivity contribution in [3.05, 3.63) is 203 Å². The van der Waals surface area contributed by atoms with Gasteiger partial charge in [-0.2, -0.15) is 0 Å². The maximum Gasteiger partial charge on any atom is 0.0618 e. The number of nitrogens with zero attached hydrogens (tertiary/aromatic N) is 2. The largest absolute Gasteiger partial charge is 0.309 e. The van der Waals surface area contributed by atoms with Gasteiger partial charge in [0, 0.05) is 44.0 Å². The van der Waals surface area contributed by atoms with Crippen molar-refractivity contribution in [1.29, 1.82) is 0 Å². The van der Waals surface area contributed by atoms with E-state index in [-0.39, 0.29) is 21.7 Å². The Morgan fingerprint density at radius 2 is 0.866 bits per heavy atom. The molecule has 0 saturated carbocycles. The van der Waals surface area contributed by atoms with E-state index in [1.165, 1.54) is 60.9 Å². The van der Waals surface area contributed by atoms with Crippen molar-refractivity contribution in [2.24, 2.45) is 0 Å². The quantitative estimate of drug-likeness (QED) is 0.155. The van der Waals surface area contributed by atoms with Crippen molar-refractivity contribution >= 4 is 50.5 Å². The summed E-state index contributed by atoms with van der Waals surface area (Å²) in [5, 5.41) is 3.18. The summed E-state index contributed by atoms with van der Waals surface area (Å²) in [5.41, 5.74) is 18.8. The minimum atomic E-state index is -0.124. The van der Waals surface area contributed by atoms with E-state index in [0.717, 1.165) is 39.3 Å². The van der Waals surface area contributed by atoms with Crippen LogP contribution in [0.2, 0.25) is 5.02 Å². The Morgan fingerprint density at radius 1 is 0.358 bits per heavy atom. The van der Waals surface area contributed by atoms with E-state index in [4.69, 9.17) is 11.6 Å². The Labute approximate surface area is 404 Å². The van der Waals surface area contributed by atoms with Gasteiger partial charge < -0.3 is 9.47 Å². The third kappa shape index (κ3) is 9.09. The summed E-state index contributed by atoms with van der Waals surface area (Å²) in [7, 11) is 0. The maximum atomic E-state index is 6.89. The molecule has 0 radical (unpaired) electrons. The van der Waals surface area contributed by atoms with Crippen molar-refractivity contribution in [3.8, 4) is 39.1 Å². The second kappa shape index (κ2) is 17.1. The van der Waals surface area contributed by atoms with E-state index in [0.29, 0.717) is 5.02 Å². The van der Waals surface area contributed by atoms with Crippen LogP contribution in [0.4, 0.5) is 17.1 Å². The first-order valence-electron chi connectivity index (χ1n) is 23.9. The first-order valence-corrected chi connectivity index (χ1v) is 24.2. The standard InChI is InChI=1S/C64H65ClN2/c1-61(2,3)46-25-19-27-51(36-46)66(52-28-20-26-50(65)41-52)60-55(42-21-14-13-15-22-42)39-49(64(10,11)12)40-56(60)45-24-18-23-43(33-45)44-31-32-59-57(34-44)54-29-16-17-30-58(54)67(59)53-37-47(62(4,5)6)35-48(38-53)63(7,8)9/h13-41H,1-12H3. The van der Waals surface area contributed by atoms with E-state index in [2.05, 4.69) is 262 Å². The molecule has 3 heteroatoms. The fourth-order valence-corrected chi connectivity index (χ4v) is 9.59. The van der Waals surface area contributed by atoms with Crippen LogP contribution in [0.25, 0.3) is 60.9 Å². The molecule has 9 rings (SSSR count). The summed E-state index contributed by atoms with van der Waals surface area (Å²) in [6.45, 7) is 27.7. The van der Waals surface area contributed by atoms with Crippen LogP contribution < -0.4 is 4.90 Å². The molecule has 0 unspecified atom stereocenters. The van der Waals surface area contributed by atoms with Crippen molar-refractivity contribution in [2.75, 3.05) is 4.90 Å². The molecule has 0 atom stereocenters. The molecule has 67 heavy (non-hydrogen) atoms. The molecule has 0 saturated heterocycles. The van der Waals surface area contributed by atoms with E-state index in [1.54, 1.807) is 0 Å². The lowest BCUT2D eigenvalue weighted by Gasteiger charge is -2.33. The van der Waals surface area contributed by atoms with E-state index in [9.17, 15) is 0 Å². The number of para-hydroxylation sites is 1. The minimum absolute atomic E-state index is 0.00270. The van der Waals surface area contributed by atoms with Crippen molar-refractivity contribution in [3.63, 3.8) is 0 Å². The molecule has 2 nitrogen and oxygen atoms in total. The third-order valence-corrected chi connectivity index (χ3v) is 13.6. The zero-order valence-corrected chi connectivity index (χ0v) is 42.3. The van der Waals surface area contributed by atoms with Gasteiger partial charge in [-0.25, -0.2) is 0 Å². The number of hydrogen-bond acceptors (Lipinski definition) is 1. The second-order valence-corrected chi connectivity index (χ2v) is 23.0. The van der Waals surface area contributed by atoms with Crippen molar-refractivity contribution in [1.82, 2.24) is 4.57 Å². The Bertz CT molecular complexity index is 3250. The Hall–Kier alpha value is -6.35. The number of aromatic nitrogens is 1. The smallest absolute Gasteiger partial charge is 0.0618 e. The average Bonchev–Trinajstić information content (AvgIpc) is 3.62. The predicted molar refractivity (Wildman–Crippen MR) is 292 cm³/mol. The lowest BCUT2D eigenvalue weighted by Crippen LogP contribution is -2.17. The molecule has 0 aliphatic rings. The van der Waals surface area contributed by atoms with E-state index in [1.807, 2.05) is 6.07 Å². The molecule has 9 aromatic rings. The molecule has 8 aromatic carbocycles. The average molecular weight is 898 g/mol. The van der Waals surface area contributed by atoms with E-state index < -0.39 is 0 Å². The van der Waals surface area contributed by atoms with Crippen LogP contribution in [0.15, 0.2) is 176 Å². The Balaban J connectivity index is 1.29. The highest BCUT2D eigenvalue weighted by Gasteiger charge is 2.28. The first-order chi connectivity index (χ1) is 31.6. The highest BCUT2D eigenvalue weighted by atomic mass is 35.5. The first kappa shape index (κ1) is 45.8. The summed E-state index contributed by atoms with van der Waals surface area (Å²) in [6.07, 6.45) is 0. The highest BCUT2D eigenvalue weighted by Crippen LogP contribution is 2.50. The molecule has 0 bridgehead atoms. The van der Waals surface area contributed by atoms with Crippen LogP contribution in [0, 0.1) is 0 Å². The highest BCUT2D eigenvalue weighted by molar-refractivity contribution is 6.31. The molecule has 0 aliphatic carbocycles. The summed E-state index contributed by atoms with van der Waals surface area (Å²) in [5.74, 6) is 0. The third-order valence-electron chi connectivity index (χ3n) is 13.4. The lowest BCUT2D eigenvalue weighted by atomic mass is 9.80. The van der Waals surface area contributed by atoms with Crippen LogP contribution in [0.1, 0.15) is 105 Å². The van der Waals surface area contributed by atoms with Crippen LogP contribution in [0.5, 0.6) is 0 Å². The van der Waals surface area contributed by atoms with Crippen LogP contribution in [-0.2, 0) is 21.7 Å². The monoisotopic (exact) mass is 896 g/mol. The topological polar surface area (TPSA) is 8.17 Å². The number of hydrogen-bond donors (Lipinski definition) is 0. The van der Waals surface area contributed by atoms with Crippen molar-refractivity contribution in [2.45, 2.75) is 105 Å². The van der Waals surface area contributed by atoms with Crippen molar-refractivity contribution < 1.29 is 0 Å². The second-order valence-electron chi connectivity index (χ2n) is 22.6. The van der Waals surface area contributed by atoms with Gasteiger partial charge in [0.1, 0.15) is 0 Å².